The van der Waals surface area contributed by atoms with E-state index in [1.165, 1.54) is 25.7 Å². The Morgan fingerprint density at radius 2 is 1.87 bits per heavy atom. The van der Waals surface area contributed by atoms with Gasteiger partial charge in [0.25, 0.3) is 5.91 Å². The normalized spacial score (nSPS) is 22.0. The highest BCUT2D eigenvalue weighted by Crippen LogP contribution is 2.47. The monoisotopic (exact) mass is 201 g/mol. The number of benzene rings is 1. The molecular weight excluding hydrogens is 186 g/mol. The third-order valence-corrected chi connectivity index (χ3v) is 3.92. The van der Waals surface area contributed by atoms with Crippen molar-refractivity contribution in [2.45, 2.75) is 31.2 Å². The number of hydrogen-bond donors (Lipinski definition) is 0. The average Bonchev–Trinajstić information content (AvgIpc) is 2.15. The molecule has 2 fully saturated rings. The lowest BCUT2D eigenvalue weighted by Gasteiger charge is -2.58. The molecule has 1 heterocycles. The van der Waals surface area contributed by atoms with Crippen LogP contribution in [0.15, 0.2) is 30.3 Å². The second-order valence-electron chi connectivity index (χ2n) is 4.65. The van der Waals surface area contributed by atoms with Gasteiger partial charge in [-0.25, -0.2) is 0 Å². The smallest absolute Gasteiger partial charge is 0.254 e. The third-order valence-electron chi connectivity index (χ3n) is 3.92. The van der Waals surface area contributed by atoms with Gasteiger partial charge in [0.15, 0.2) is 0 Å². The molecule has 0 N–H and O–H groups in total. The summed E-state index contributed by atoms with van der Waals surface area (Å²) in [5.41, 5.74) is 1.11. The van der Waals surface area contributed by atoms with Crippen LogP contribution in [0.25, 0.3) is 0 Å². The van der Waals surface area contributed by atoms with E-state index in [0.717, 1.165) is 12.1 Å². The van der Waals surface area contributed by atoms with Gasteiger partial charge in [0, 0.05) is 17.6 Å². The van der Waals surface area contributed by atoms with Gasteiger partial charge < -0.3 is 4.90 Å². The Balaban J connectivity index is 1.81. The van der Waals surface area contributed by atoms with Crippen molar-refractivity contribution in [3.05, 3.63) is 35.9 Å². The first-order valence-electron chi connectivity index (χ1n) is 5.69. The minimum absolute atomic E-state index is 0.224. The molecule has 1 aromatic carbocycles. The molecule has 1 spiro atoms. The Kier molecular flexibility index (Phi) is 1.84. The summed E-state index contributed by atoms with van der Waals surface area (Å²) in [6.07, 6.45) is 4.93. The molecule has 0 aromatic heterocycles. The Hall–Kier alpha value is -1.31. The van der Waals surface area contributed by atoms with E-state index in [-0.39, 0.29) is 11.4 Å². The number of carbonyl (C=O) groups is 1. The number of amides is 1. The van der Waals surface area contributed by atoms with E-state index >= 15 is 0 Å². The average molecular weight is 201 g/mol. The summed E-state index contributed by atoms with van der Waals surface area (Å²) in [6, 6.07) is 9.63. The van der Waals surface area contributed by atoms with Crippen LogP contribution >= 0.6 is 0 Å². The Morgan fingerprint density at radius 1 is 1.13 bits per heavy atom. The van der Waals surface area contributed by atoms with Crippen molar-refractivity contribution in [1.29, 1.82) is 0 Å². The van der Waals surface area contributed by atoms with Crippen LogP contribution in [-0.4, -0.2) is 22.9 Å². The molecule has 1 amide bonds. The number of carbonyl (C=O) groups excluding carboxylic acids is 1. The summed E-state index contributed by atoms with van der Waals surface area (Å²) in [4.78, 5) is 14.2. The molecule has 1 saturated carbocycles. The molecule has 1 saturated heterocycles. The molecule has 2 aliphatic rings. The van der Waals surface area contributed by atoms with Gasteiger partial charge >= 0.3 is 0 Å². The molecule has 0 bridgehead atoms. The summed E-state index contributed by atoms with van der Waals surface area (Å²) in [5, 5.41) is 0. The Bertz CT molecular complexity index is 375. The molecule has 78 valence electrons. The number of hydrogen-bond acceptors (Lipinski definition) is 1. The number of rotatable bonds is 1. The maximum absolute atomic E-state index is 12.2. The minimum Gasteiger partial charge on any atom is -0.333 e. The zero-order chi connectivity index (χ0) is 10.3. The molecule has 2 nitrogen and oxygen atoms in total. The van der Waals surface area contributed by atoms with Crippen molar-refractivity contribution in [2.24, 2.45) is 0 Å². The van der Waals surface area contributed by atoms with Crippen molar-refractivity contribution in [3.63, 3.8) is 0 Å². The molecule has 1 aliphatic carbocycles. The third kappa shape index (κ3) is 1.21. The first-order valence-corrected chi connectivity index (χ1v) is 5.69. The van der Waals surface area contributed by atoms with Gasteiger partial charge in [-0.2, -0.15) is 0 Å². The van der Waals surface area contributed by atoms with Gasteiger partial charge in [0.2, 0.25) is 0 Å². The van der Waals surface area contributed by atoms with Crippen molar-refractivity contribution < 1.29 is 4.79 Å². The second-order valence-corrected chi connectivity index (χ2v) is 4.65. The van der Waals surface area contributed by atoms with Gasteiger partial charge in [-0.05, 0) is 37.8 Å². The molecule has 2 heteroatoms. The van der Waals surface area contributed by atoms with E-state index in [9.17, 15) is 4.79 Å². The van der Waals surface area contributed by atoms with Crippen molar-refractivity contribution in [1.82, 2.24) is 4.90 Å². The van der Waals surface area contributed by atoms with Gasteiger partial charge in [-0.1, -0.05) is 18.2 Å². The second kappa shape index (κ2) is 3.09. The van der Waals surface area contributed by atoms with Gasteiger partial charge in [-0.3, -0.25) is 4.79 Å². The van der Waals surface area contributed by atoms with Crippen LogP contribution < -0.4 is 0 Å². The molecule has 1 aliphatic heterocycles. The summed E-state index contributed by atoms with van der Waals surface area (Å²) >= 11 is 0. The lowest BCUT2D eigenvalue weighted by molar-refractivity contribution is -0.0487. The van der Waals surface area contributed by atoms with Gasteiger partial charge in [0.1, 0.15) is 0 Å². The fourth-order valence-electron chi connectivity index (χ4n) is 2.70. The maximum Gasteiger partial charge on any atom is 0.254 e. The van der Waals surface area contributed by atoms with E-state index < -0.39 is 0 Å². The highest BCUT2D eigenvalue weighted by Gasteiger charge is 2.51. The lowest BCUT2D eigenvalue weighted by atomic mass is 9.67. The maximum atomic E-state index is 12.2. The lowest BCUT2D eigenvalue weighted by Crippen LogP contribution is -2.65. The number of likely N-dealkylation sites (tertiary alicyclic amines) is 1. The predicted octanol–water partition coefficient (Wildman–Crippen LogP) is 2.46. The zero-order valence-electron chi connectivity index (χ0n) is 8.78. The quantitative estimate of drug-likeness (QED) is 0.683. The van der Waals surface area contributed by atoms with E-state index in [4.69, 9.17) is 0 Å². The van der Waals surface area contributed by atoms with Crippen molar-refractivity contribution in [2.75, 3.05) is 6.54 Å². The highest BCUT2D eigenvalue weighted by molar-refractivity contribution is 5.95. The molecule has 0 unspecified atom stereocenters. The van der Waals surface area contributed by atoms with Crippen LogP contribution in [0, 0.1) is 0 Å². The first kappa shape index (κ1) is 8.96. The SMILES string of the molecule is O=C(c1ccccc1)N1CCC12CCC2. The topological polar surface area (TPSA) is 20.3 Å². The van der Waals surface area contributed by atoms with Crippen LogP contribution in [0.2, 0.25) is 0 Å². The van der Waals surface area contributed by atoms with Crippen LogP contribution in [0.3, 0.4) is 0 Å². The van der Waals surface area contributed by atoms with Gasteiger partial charge in [-0.15, -0.1) is 0 Å². The minimum atomic E-state index is 0.224. The van der Waals surface area contributed by atoms with Crippen LogP contribution in [0.5, 0.6) is 0 Å². The molecule has 3 rings (SSSR count). The molecular formula is C13H15NO. The first-order chi connectivity index (χ1) is 7.32. The Morgan fingerprint density at radius 3 is 2.33 bits per heavy atom. The fourth-order valence-corrected chi connectivity index (χ4v) is 2.70. The fraction of sp³-hybridized carbons (Fsp3) is 0.462. The van der Waals surface area contributed by atoms with Crippen LogP contribution in [0.4, 0.5) is 0 Å². The van der Waals surface area contributed by atoms with Crippen LogP contribution in [0.1, 0.15) is 36.0 Å². The summed E-state index contributed by atoms with van der Waals surface area (Å²) < 4.78 is 0. The molecule has 1 aromatic rings. The zero-order valence-corrected chi connectivity index (χ0v) is 8.78. The molecule has 0 radical (unpaired) electrons. The van der Waals surface area contributed by atoms with Crippen LogP contribution in [-0.2, 0) is 0 Å². The number of nitrogens with zero attached hydrogens (tertiary/aromatic N) is 1. The summed E-state index contributed by atoms with van der Waals surface area (Å²) in [6.45, 7) is 0.952. The largest absolute Gasteiger partial charge is 0.333 e. The summed E-state index contributed by atoms with van der Waals surface area (Å²) in [7, 11) is 0. The highest BCUT2D eigenvalue weighted by atomic mass is 16.2. The van der Waals surface area contributed by atoms with Gasteiger partial charge in [0.05, 0.1) is 0 Å². The van der Waals surface area contributed by atoms with Crippen molar-refractivity contribution in [3.8, 4) is 0 Å². The van der Waals surface area contributed by atoms with E-state index in [2.05, 4.69) is 4.90 Å². The molecule has 0 atom stereocenters. The van der Waals surface area contributed by atoms with Crippen molar-refractivity contribution >= 4 is 5.91 Å². The predicted molar refractivity (Wildman–Crippen MR) is 58.7 cm³/mol. The van der Waals surface area contributed by atoms with E-state index in [1.807, 2.05) is 30.3 Å². The Labute approximate surface area is 89.9 Å². The summed E-state index contributed by atoms with van der Waals surface area (Å²) in [5.74, 6) is 0.224. The van der Waals surface area contributed by atoms with E-state index in [0.29, 0.717) is 0 Å². The standard InChI is InChI=1S/C13H15NO/c15-12(11-5-2-1-3-6-11)14-10-9-13(14)7-4-8-13/h1-3,5-6H,4,7-10H2. The van der Waals surface area contributed by atoms with E-state index in [1.54, 1.807) is 0 Å². The molecule has 15 heavy (non-hydrogen) atoms.